The lowest BCUT2D eigenvalue weighted by Crippen LogP contribution is -2.49. The van der Waals surface area contributed by atoms with Gasteiger partial charge in [-0.15, -0.1) is 0 Å². The molecule has 5 atom stereocenters. The summed E-state index contributed by atoms with van der Waals surface area (Å²) in [5.41, 5.74) is -1.75. The summed E-state index contributed by atoms with van der Waals surface area (Å²) in [6, 6.07) is 0. The molecule has 142 valence electrons. The van der Waals surface area contributed by atoms with E-state index in [1.165, 1.54) is 0 Å². The highest BCUT2D eigenvalue weighted by atomic mass is 16.3. The molecule has 0 amide bonds. The maximum Gasteiger partial charge on any atom is 0.183 e. The fourth-order valence-electron chi connectivity index (χ4n) is 5.92. The summed E-state index contributed by atoms with van der Waals surface area (Å²) in [5.74, 6) is -1.76. The number of Topliss-reactive ketones (excluding diaryl/α,β-unsaturated/α-hetero) is 3. The van der Waals surface area contributed by atoms with Crippen molar-refractivity contribution in [3.8, 4) is 0 Å². The molecular weight excluding hydrogens is 328 g/mol. The van der Waals surface area contributed by atoms with Crippen LogP contribution in [0.3, 0.4) is 0 Å². The number of aliphatic hydroxyl groups is 1. The molecule has 0 heterocycles. The molecule has 3 aliphatic carbocycles. The van der Waals surface area contributed by atoms with E-state index in [-0.39, 0.29) is 46.1 Å². The van der Waals surface area contributed by atoms with E-state index in [0.717, 1.165) is 5.57 Å². The number of carbonyl (C=O) groups is 3. The lowest BCUT2D eigenvalue weighted by atomic mass is 9.64. The molecule has 0 aliphatic heterocycles. The van der Waals surface area contributed by atoms with Crippen molar-refractivity contribution >= 4 is 17.3 Å². The zero-order valence-corrected chi connectivity index (χ0v) is 16.7. The van der Waals surface area contributed by atoms with Crippen LogP contribution < -0.4 is 0 Å². The molecule has 2 bridgehead atoms. The smallest absolute Gasteiger partial charge is 0.183 e. The Morgan fingerprint density at radius 3 is 2.35 bits per heavy atom. The van der Waals surface area contributed by atoms with Crippen LogP contribution >= 0.6 is 0 Å². The van der Waals surface area contributed by atoms with Crippen molar-refractivity contribution in [2.75, 3.05) is 0 Å². The monoisotopic (exact) mass is 358 g/mol. The first kappa shape index (κ1) is 19.1. The van der Waals surface area contributed by atoms with Crippen molar-refractivity contribution in [3.05, 3.63) is 23.5 Å². The Labute approximate surface area is 155 Å². The van der Waals surface area contributed by atoms with Crippen molar-refractivity contribution in [1.82, 2.24) is 0 Å². The average Bonchev–Trinajstić information content (AvgIpc) is 2.92. The summed E-state index contributed by atoms with van der Waals surface area (Å²) in [7, 11) is 0. The van der Waals surface area contributed by atoms with Gasteiger partial charge in [0.1, 0.15) is 11.3 Å². The summed E-state index contributed by atoms with van der Waals surface area (Å²) in [6.07, 6.45) is 1.40. The molecule has 3 rings (SSSR count). The molecule has 4 nitrogen and oxygen atoms in total. The molecule has 3 aliphatic rings. The molecule has 0 radical (unpaired) electrons. The van der Waals surface area contributed by atoms with Crippen LogP contribution in [0.1, 0.15) is 60.8 Å². The van der Waals surface area contributed by atoms with Gasteiger partial charge in [0.2, 0.25) is 0 Å². The zero-order valence-electron chi connectivity index (χ0n) is 16.7. The topological polar surface area (TPSA) is 71.4 Å². The minimum atomic E-state index is -1.19. The maximum atomic E-state index is 13.6. The average molecular weight is 358 g/mol. The second kappa shape index (κ2) is 5.40. The molecule has 2 saturated carbocycles. The number of allylic oxidation sites excluding steroid dienone is 3. The molecule has 4 heteroatoms. The maximum absolute atomic E-state index is 13.6. The first-order valence-electron chi connectivity index (χ1n) is 9.60. The van der Waals surface area contributed by atoms with Gasteiger partial charge in [-0.1, -0.05) is 39.8 Å². The van der Waals surface area contributed by atoms with E-state index in [4.69, 9.17) is 0 Å². The fourth-order valence-corrected chi connectivity index (χ4v) is 5.92. The Kier molecular flexibility index (Phi) is 3.96. The third kappa shape index (κ3) is 1.93. The van der Waals surface area contributed by atoms with E-state index in [1.54, 1.807) is 13.8 Å². The molecular formula is C22H30O4. The molecule has 0 aromatic carbocycles. The Morgan fingerprint density at radius 2 is 1.85 bits per heavy atom. The third-order valence-electron chi connectivity index (χ3n) is 7.73. The third-order valence-corrected chi connectivity index (χ3v) is 7.73. The summed E-state index contributed by atoms with van der Waals surface area (Å²) < 4.78 is 0. The standard InChI is InChI=1S/C22H30O4/c1-8-12(4)16(23)15-17(24)21(7)10-14-20(5,6)13(11(2)3)9-22(14,18(15)25)19(21)26/h12-14,24H,2,8-10H2,1,3-7H3/t12-,13-,14-,21-,22+/m0/s1. The van der Waals surface area contributed by atoms with Crippen molar-refractivity contribution in [2.45, 2.75) is 60.8 Å². The predicted octanol–water partition coefficient (Wildman–Crippen LogP) is 4.20. The van der Waals surface area contributed by atoms with Gasteiger partial charge in [0.15, 0.2) is 17.3 Å². The van der Waals surface area contributed by atoms with Crippen LogP contribution in [0.25, 0.3) is 0 Å². The first-order valence-corrected chi connectivity index (χ1v) is 9.60. The van der Waals surface area contributed by atoms with Crippen molar-refractivity contribution in [1.29, 1.82) is 0 Å². The number of hydrogen-bond acceptors (Lipinski definition) is 4. The zero-order chi connectivity index (χ0) is 19.8. The van der Waals surface area contributed by atoms with Gasteiger partial charge >= 0.3 is 0 Å². The van der Waals surface area contributed by atoms with Gasteiger partial charge in [0.05, 0.1) is 10.8 Å². The van der Waals surface area contributed by atoms with Crippen LogP contribution in [-0.4, -0.2) is 22.5 Å². The van der Waals surface area contributed by atoms with Crippen LogP contribution in [0.5, 0.6) is 0 Å². The molecule has 0 unspecified atom stereocenters. The molecule has 2 fully saturated rings. The first-order chi connectivity index (χ1) is 11.9. The molecule has 26 heavy (non-hydrogen) atoms. The predicted molar refractivity (Wildman–Crippen MR) is 99.5 cm³/mol. The van der Waals surface area contributed by atoms with Crippen molar-refractivity contribution in [3.63, 3.8) is 0 Å². The molecule has 0 aromatic heterocycles. The van der Waals surface area contributed by atoms with Crippen LogP contribution in [0.4, 0.5) is 0 Å². The van der Waals surface area contributed by atoms with E-state index in [0.29, 0.717) is 19.3 Å². The van der Waals surface area contributed by atoms with E-state index < -0.39 is 16.6 Å². The van der Waals surface area contributed by atoms with Gasteiger partial charge in [-0.3, -0.25) is 14.4 Å². The summed E-state index contributed by atoms with van der Waals surface area (Å²) in [4.78, 5) is 39.9. The second-order valence-corrected chi connectivity index (χ2v) is 9.54. The Hall–Kier alpha value is -1.71. The Bertz CT molecular complexity index is 771. The molecule has 0 aromatic rings. The number of ketones is 3. The van der Waals surface area contributed by atoms with Gasteiger partial charge in [-0.2, -0.15) is 0 Å². The summed E-state index contributed by atoms with van der Waals surface area (Å²) in [5, 5.41) is 10.9. The van der Waals surface area contributed by atoms with E-state index in [2.05, 4.69) is 20.4 Å². The Morgan fingerprint density at radius 1 is 1.27 bits per heavy atom. The van der Waals surface area contributed by atoms with Crippen molar-refractivity contribution in [2.24, 2.45) is 34.0 Å². The van der Waals surface area contributed by atoms with Gasteiger partial charge in [0, 0.05) is 5.92 Å². The number of carbonyl (C=O) groups excluding carboxylic acids is 3. The van der Waals surface area contributed by atoms with Crippen LogP contribution in [0, 0.1) is 34.0 Å². The van der Waals surface area contributed by atoms with E-state index in [1.807, 2.05) is 13.8 Å². The minimum Gasteiger partial charge on any atom is -0.510 e. The second-order valence-electron chi connectivity index (χ2n) is 9.54. The fraction of sp³-hybridized carbons (Fsp3) is 0.682. The molecule has 0 saturated heterocycles. The minimum absolute atomic E-state index is 0.0464. The van der Waals surface area contributed by atoms with Gasteiger partial charge in [0.25, 0.3) is 0 Å². The highest BCUT2D eigenvalue weighted by Crippen LogP contribution is 2.71. The van der Waals surface area contributed by atoms with E-state index >= 15 is 0 Å². The summed E-state index contributed by atoms with van der Waals surface area (Å²) >= 11 is 0. The van der Waals surface area contributed by atoms with Gasteiger partial charge in [-0.05, 0) is 50.4 Å². The van der Waals surface area contributed by atoms with Crippen LogP contribution in [-0.2, 0) is 14.4 Å². The number of aliphatic hydroxyl groups excluding tert-OH is 1. The SMILES string of the molecule is C=C(C)[C@@H]1C[C@]23C(=O)C(C(=O)[C@@H](C)CC)=C(O)[C@](C)(C[C@H]2C1(C)C)C3=O. The Balaban J connectivity index is 2.23. The van der Waals surface area contributed by atoms with Crippen molar-refractivity contribution < 1.29 is 19.5 Å². The van der Waals surface area contributed by atoms with E-state index in [9.17, 15) is 19.5 Å². The lowest BCUT2D eigenvalue weighted by Gasteiger charge is -2.35. The highest BCUT2D eigenvalue weighted by molar-refractivity contribution is 6.32. The van der Waals surface area contributed by atoms with Crippen LogP contribution in [0.15, 0.2) is 23.5 Å². The quantitative estimate of drug-likeness (QED) is 0.464. The molecule has 1 N–H and O–H groups in total. The lowest BCUT2D eigenvalue weighted by molar-refractivity contribution is -0.144. The highest BCUT2D eigenvalue weighted by Gasteiger charge is 2.76. The molecule has 1 spiro atoms. The number of rotatable bonds is 4. The van der Waals surface area contributed by atoms with Gasteiger partial charge < -0.3 is 5.11 Å². The largest absolute Gasteiger partial charge is 0.510 e. The van der Waals surface area contributed by atoms with Crippen LogP contribution in [0.2, 0.25) is 0 Å². The number of fused-ring (bicyclic) bond motifs is 1. The normalized spacial score (nSPS) is 39.2. The number of hydrogen-bond donors (Lipinski definition) is 1. The summed E-state index contributed by atoms with van der Waals surface area (Å²) in [6.45, 7) is 15.6. The van der Waals surface area contributed by atoms with Gasteiger partial charge in [-0.25, -0.2) is 0 Å².